The number of likely N-dealkylation sites (tertiary alicyclic amines) is 1. The van der Waals surface area contributed by atoms with Gasteiger partial charge in [-0.05, 0) is 81.4 Å². The van der Waals surface area contributed by atoms with Gasteiger partial charge in [0.25, 0.3) is 6.43 Å². The molecule has 2 atom stereocenters. The summed E-state index contributed by atoms with van der Waals surface area (Å²) >= 11 is 0. The Morgan fingerprint density at radius 1 is 0.964 bits per heavy atom. The number of hydrogen-bond donors (Lipinski definition) is 2. The van der Waals surface area contributed by atoms with Crippen molar-refractivity contribution in [2.75, 3.05) is 42.9 Å². The molecule has 56 heavy (non-hydrogen) atoms. The number of carbonyl (C=O) groups is 2. The van der Waals surface area contributed by atoms with E-state index in [2.05, 4.69) is 59.3 Å². The van der Waals surface area contributed by atoms with Crippen LogP contribution >= 0.6 is 0 Å². The van der Waals surface area contributed by atoms with Gasteiger partial charge in [0, 0.05) is 55.7 Å². The van der Waals surface area contributed by atoms with Gasteiger partial charge < -0.3 is 10.1 Å². The van der Waals surface area contributed by atoms with Gasteiger partial charge in [-0.3, -0.25) is 24.6 Å². The van der Waals surface area contributed by atoms with E-state index in [1.54, 1.807) is 8.99 Å². The molecule has 3 aliphatic rings. The van der Waals surface area contributed by atoms with Crippen molar-refractivity contribution in [3.8, 4) is 17.6 Å². The van der Waals surface area contributed by atoms with Gasteiger partial charge in [-0.25, -0.2) is 32.1 Å². The topological polar surface area (TPSA) is 138 Å². The van der Waals surface area contributed by atoms with E-state index in [1.807, 2.05) is 20.0 Å². The van der Waals surface area contributed by atoms with Gasteiger partial charge in [0.1, 0.15) is 11.0 Å². The summed E-state index contributed by atoms with van der Waals surface area (Å²) in [4.78, 5) is 36.3. The van der Waals surface area contributed by atoms with Crippen LogP contribution in [0.4, 0.5) is 34.1 Å². The molecule has 5 heterocycles. The largest absolute Gasteiger partial charge is 0.432 e. The molecule has 0 saturated carbocycles. The lowest BCUT2D eigenvalue weighted by atomic mass is 9.88. The van der Waals surface area contributed by atoms with Crippen molar-refractivity contribution in [1.29, 1.82) is 0 Å². The quantitative estimate of drug-likeness (QED) is 0.156. The third kappa shape index (κ3) is 8.79. The van der Waals surface area contributed by atoms with Gasteiger partial charge in [0.2, 0.25) is 11.9 Å². The normalized spacial score (nSPS) is 18.9. The van der Waals surface area contributed by atoms with Crippen LogP contribution in [0.2, 0.25) is 0 Å². The lowest BCUT2D eigenvalue weighted by Gasteiger charge is -2.34. The Bertz CT molecular complexity index is 2160. The van der Waals surface area contributed by atoms with E-state index in [0.717, 1.165) is 49.2 Å². The van der Waals surface area contributed by atoms with Gasteiger partial charge >= 0.3 is 12.6 Å². The predicted octanol–water partition coefficient (Wildman–Crippen LogP) is 5.57. The number of fused-ring (bicyclic) bond motifs is 1. The molecule has 3 amide bonds. The summed E-state index contributed by atoms with van der Waals surface area (Å²) < 4.78 is 74.4. The molecule has 0 radical (unpaired) electrons. The number of aromatic nitrogens is 4. The molecule has 2 unspecified atom stereocenters. The van der Waals surface area contributed by atoms with Crippen LogP contribution in [0.5, 0.6) is 5.75 Å². The number of ether oxygens (including phenoxy) is 1. The monoisotopic (exact) mass is 795 g/mol. The number of rotatable bonds is 10. The minimum absolute atomic E-state index is 0.0394. The summed E-state index contributed by atoms with van der Waals surface area (Å²) in [7, 11) is 0.233. The average molecular weight is 796 g/mol. The second-order valence-corrected chi connectivity index (χ2v) is 15.5. The Hall–Kier alpha value is -5.12. The SMILES string of the molecule is CC(C#Cc1cc(S(=O)N2CCC(Nc3ncc(OC(F)F)cn3)CC2)ccc1C(F)F)N1CCC(c2ccc3c(N4CCC(=O)NC4=O)nn(C)c3c2)CC1. The number of hydrogen-bond acceptors (Lipinski definition) is 9. The highest BCUT2D eigenvalue weighted by Crippen LogP contribution is 2.34. The van der Waals surface area contributed by atoms with Crippen LogP contribution in [0.15, 0.2) is 53.7 Å². The summed E-state index contributed by atoms with van der Waals surface area (Å²) in [5.41, 5.74) is 2.00. The standard InChI is InChI=1S/C38H41F4N9O4S/c1-23(49-14-9-24(10-15-49)25-5-7-31-32(20-25)48(2)47-35(31)51-18-13-33(52)46-38(51)53)3-4-26-19-29(6-8-30(26)34(39)40)56(54)50-16-11-27(12-17-50)45-37-43-21-28(22-44-37)55-36(41)42/h5-8,19-24,27,34,36H,9-18H2,1-2H3,(H,43,44,45)(H,46,52,53). The van der Waals surface area contributed by atoms with Crippen molar-refractivity contribution in [3.05, 3.63) is 65.5 Å². The Morgan fingerprint density at radius 3 is 2.38 bits per heavy atom. The molecule has 0 spiro atoms. The van der Waals surface area contributed by atoms with Crippen LogP contribution in [-0.4, -0.2) is 96.5 Å². The van der Waals surface area contributed by atoms with Crippen molar-refractivity contribution in [2.45, 2.75) is 75.0 Å². The molecule has 0 bridgehead atoms. The molecule has 0 aliphatic carbocycles. The number of halogens is 4. The average Bonchev–Trinajstić information content (AvgIpc) is 3.52. The molecule has 2 aromatic heterocycles. The van der Waals surface area contributed by atoms with Crippen LogP contribution < -0.4 is 20.3 Å². The number of anilines is 2. The van der Waals surface area contributed by atoms with E-state index in [-0.39, 0.29) is 59.7 Å². The molecule has 18 heteroatoms. The highest BCUT2D eigenvalue weighted by Gasteiger charge is 2.30. The number of aryl methyl sites for hydroxylation is 1. The number of carbonyl (C=O) groups excluding carboxylic acids is 2. The second-order valence-electron chi connectivity index (χ2n) is 14.0. The van der Waals surface area contributed by atoms with Gasteiger partial charge in [-0.1, -0.05) is 24.0 Å². The number of amides is 3. The zero-order valence-corrected chi connectivity index (χ0v) is 31.6. The number of urea groups is 1. The third-order valence-corrected chi connectivity index (χ3v) is 12.0. The van der Waals surface area contributed by atoms with Crippen LogP contribution in [0, 0.1) is 11.8 Å². The van der Waals surface area contributed by atoms with Gasteiger partial charge in [-0.15, -0.1) is 0 Å². The number of nitrogens with zero attached hydrogens (tertiary/aromatic N) is 7. The van der Waals surface area contributed by atoms with Crippen LogP contribution in [0.25, 0.3) is 10.9 Å². The molecular weight excluding hydrogens is 755 g/mol. The number of benzene rings is 2. The summed E-state index contributed by atoms with van der Waals surface area (Å²) in [6, 6.07) is 9.71. The van der Waals surface area contributed by atoms with E-state index in [0.29, 0.717) is 36.6 Å². The summed E-state index contributed by atoms with van der Waals surface area (Å²) in [6.07, 6.45) is 2.73. The molecule has 2 aromatic carbocycles. The molecule has 13 nitrogen and oxygen atoms in total. The molecule has 2 N–H and O–H groups in total. The van der Waals surface area contributed by atoms with Gasteiger partial charge in [0.05, 0.1) is 28.8 Å². The minimum atomic E-state index is -2.97. The first-order valence-corrected chi connectivity index (χ1v) is 19.5. The van der Waals surface area contributed by atoms with E-state index < -0.39 is 30.1 Å². The Morgan fingerprint density at radius 2 is 1.70 bits per heavy atom. The number of imide groups is 1. The van der Waals surface area contributed by atoms with Crippen LogP contribution in [0.1, 0.15) is 68.1 Å². The Balaban J connectivity index is 0.952. The zero-order valence-electron chi connectivity index (χ0n) is 30.8. The number of nitrogens with one attached hydrogen (secondary N) is 2. The molecule has 7 rings (SSSR count). The van der Waals surface area contributed by atoms with E-state index in [4.69, 9.17) is 0 Å². The van der Waals surface area contributed by atoms with Crippen molar-refractivity contribution < 1.29 is 36.1 Å². The van der Waals surface area contributed by atoms with Gasteiger partial charge in [0.15, 0.2) is 11.6 Å². The highest BCUT2D eigenvalue weighted by molar-refractivity contribution is 7.82. The smallest absolute Gasteiger partial charge is 0.387 e. The second kappa shape index (κ2) is 16.9. The van der Waals surface area contributed by atoms with E-state index in [1.165, 1.54) is 28.7 Å². The van der Waals surface area contributed by atoms with Crippen molar-refractivity contribution >= 4 is 45.6 Å². The van der Waals surface area contributed by atoms with E-state index in [9.17, 15) is 31.4 Å². The molecule has 296 valence electrons. The van der Waals surface area contributed by atoms with Crippen molar-refractivity contribution in [1.82, 2.24) is 34.3 Å². The third-order valence-electron chi connectivity index (χ3n) is 10.5. The first-order valence-electron chi connectivity index (χ1n) is 18.4. The van der Waals surface area contributed by atoms with Crippen LogP contribution in [-0.2, 0) is 22.8 Å². The number of piperidine rings is 2. The molecule has 3 aliphatic heterocycles. The lowest BCUT2D eigenvalue weighted by Crippen LogP contribution is -2.49. The maximum atomic E-state index is 14.1. The molecule has 3 saturated heterocycles. The van der Waals surface area contributed by atoms with Crippen molar-refractivity contribution in [2.24, 2.45) is 7.05 Å². The maximum Gasteiger partial charge on any atom is 0.387 e. The Labute approximate surface area is 323 Å². The maximum absolute atomic E-state index is 14.1. The summed E-state index contributed by atoms with van der Waals surface area (Å²) in [5, 5.41) is 10.9. The fourth-order valence-corrected chi connectivity index (χ4v) is 8.61. The molecule has 4 aromatic rings. The van der Waals surface area contributed by atoms with Crippen molar-refractivity contribution in [3.63, 3.8) is 0 Å². The summed E-state index contributed by atoms with van der Waals surface area (Å²) in [6.45, 7) is 1.70. The first kappa shape index (κ1) is 39.1. The molecular formula is C38H41F4N9O4S. The zero-order chi connectivity index (χ0) is 39.5. The first-order chi connectivity index (χ1) is 26.9. The van der Waals surface area contributed by atoms with Gasteiger partial charge in [-0.2, -0.15) is 13.9 Å². The Kier molecular flexibility index (Phi) is 11.8. The lowest BCUT2D eigenvalue weighted by molar-refractivity contribution is -0.120. The fraction of sp³-hybridized carbons (Fsp3) is 0.447. The minimum Gasteiger partial charge on any atom is -0.432 e. The fourth-order valence-electron chi connectivity index (χ4n) is 7.36. The van der Waals surface area contributed by atoms with E-state index >= 15 is 0 Å². The van der Waals surface area contributed by atoms with Crippen LogP contribution in [0.3, 0.4) is 0 Å². The summed E-state index contributed by atoms with van der Waals surface area (Å²) in [5.74, 6) is 6.79. The predicted molar refractivity (Wildman–Crippen MR) is 201 cm³/mol. The highest BCUT2D eigenvalue weighted by atomic mass is 32.2. The molecule has 3 fully saturated rings. The number of alkyl halides is 4.